The maximum atomic E-state index is 10.0. The van der Waals surface area contributed by atoms with Gasteiger partial charge in [0.05, 0.1) is 0 Å². The Morgan fingerprint density at radius 1 is 1.88 bits per heavy atom. The van der Waals surface area contributed by atoms with E-state index in [2.05, 4.69) is 17.9 Å². The molecular weight excluding hydrogens is 124 g/mol. The lowest BCUT2D eigenvalue weighted by Crippen LogP contribution is -2.23. The Labute approximate surface area is 53.4 Å². The maximum absolute atomic E-state index is 10.0. The molecule has 0 aromatic carbocycles. The van der Waals surface area contributed by atoms with Crippen molar-refractivity contribution in [2.24, 2.45) is 0 Å². The number of hydrogen-bond donors (Lipinski definition) is 3. The molecule has 0 saturated heterocycles. The Morgan fingerprint density at radius 2 is 2.38 bits per heavy atom. The number of amidine groups is 1. The van der Waals surface area contributed by atoms with E-state index in [9.17, 15) is 4.79 Å². The smallest absolute Gasteiger partial charge is 0.281 e. The first-order valence-electron chi connectivity index (χ1n) is 2.24. The summed E-state index contributed by atoms with van der Waals surface area (Å²) in [5.74, 6) is 0.199. The minimum atomic E-state index is -0.475. The third-order valence-electron chi connectivity index (χ3n) is 0.611. The molecule has 0 unspecified atom stereocenters. The minimum absolute atomic E-state index is 0.199. The molecule has 0 spiro atoms. The van der Waals surface area contributed by atoms with Crippen LogP contribution in [-0.4, -0.2) is 11.1 Å². The number of nitrogens with one attached hydrogen (secondary N) is 2. The van der Waals surface area contributed by atoms with Gasteiger partial charge in [0.2, 0.25) is 0 Å². The fourth-order valence-corrected chi connectivity index (χ4v) is 0.352. The lowest BCUT2D eigenvalue weighted by Gasteiger charge is -1.96. The van der Waals surface area contributed by atoms with E-state index in [1.54, 1.807) is 6.92 Å². The zero-order valence-electron chi connectivity index (χ0n) is 4.56. The zero-order chi connectivity index (χ0) is 6.57. The maximum Gasteiger partial charge on any atom is 0.281 e. The predicted octanol–water partition coefficient (Wildman–Crippen LogP) is 1.01. The van der Waals surface area contributed by atoms with Crippen LogP contribution in [0.3, 0.4) is 0 Å². The number of carbonyl (C=O) groups is 1. The number of carbonyl (C=O) groups excluding carboxylic acids is 1. The van der Waals surface area contributed by atoms with Gasteiger partial charge in [-0.1, -0.05) is 19.6 Å². The van der Waals surface area contributed by atoms with Crippen molar-refractivity contribution in [1.29, 1.82) is 5.41 Å². The molecule has 0 aliphatic rings. The highest BCUT2D eigenvalue weighted by molar-refractivity contribution is 7.96. The van der Waals surface area contributed by atoms with Gasteiger partial charge in [-0.2, -0.15) is 0 Å². The predicted molar refractivity (Wildman–Crippen MR) is 35.5 cm³/mol. The summed E-state index contributed by atoms with van der Waals surface area (Å²) < 4.78 is 0. The van der Waals surface area contributed by atoms with Gasteiger partial charge >= 0.3 is 0 Å². The van der Waals surface area contributed by atoms with E-state index >= 15 is 0 Å². The Hall–Kier alpha value is -0.510. The van der Waals surface area contributed by atoms with Gasteiger partial charge in [0.15, 0.2) is 0 Å². The second kappa shape index (κ2) is 3.49. The van der Waals surface area contributed by atoms with Crippen LogP contribution in [0.1, 0.15) is 13.3 Å². The normalized spacial score (nSPS) is 8.25. The molecule has 0 rings (SSSR count). The first-order chi connectivity index (χ1) is 3.66. The summed E-state index contributed by atoms with van der Waals surface area (Å²) in [7, 11) is 0. The highest BCUT2D eigenvalue weighted by Crippen LogP contribution is 1.79. The summed E-state index contributed by atoms with van der Waals surface area (Å²) in [6.07, 6.45) is 0.534. The van der Waals surface area contributed by atoms with Gasteiger partial charge in [0, 0.05) is 6.42 Å². The van der Waals surface area contributed by atoms with Gasteiger partial charge < -0.3 is 5.32 Å². The van der Waals surface area contributed by atoms with E-state index in [0.717, 1.165) is 0 Å². The molecule has 8 heavy (non-hydrogen) atoms. The van der Waals surface area contributed by atoms with Crippen LogP contribution in [-0.2, 0) is 0 Å². The molecule has 2 N–H and O–H groups in total. The topological polar surface area (TPSA) is 53.0 Å². The molecule has 0 radical (unpaired) electrons. The van der Waals surface area contributed by atoms with Gasteiger partial charge in [-0.15, -0.1) is 0 Å². The highest BCUT2D eigenvalue weighted by Gasteiger charge is 1.92. The van der Waals surface area contributed by atoms with Crippen LogP contribution in [0.4, 0.5) is 4.79 Å². The van der Waals surface area contributed by atoms with E-state index in [4.69, 9.17) is 5.41 Å². The van der Waals surface area contributed by atoms with E-state index in [0.29, 0.717) is 6.42 Å². The summed E-state index contributed by atoms with van der Waals surface area (Å²) in [4.78, 5) is 10.0. The third kappa shape index (κ3) is 3.67. The molecule has 4 heteroatoms. The van der Waals surface area contributed by atoms with E-state index < -0.39 is 5.24 Å². The molecule has 0 fully saturated rings. The molecule has 3 nitrogen and oxygen atoms in total. The van der Waals surface area contributed by atoms with Gasteiger partial charge in [0.1, 0.15) is 5.84 Å². The number of hydrogen-bond acceptors (Lipinski definition) is 2. The fourth-order valence-electron chi connectivity index (χ4n) is 0.217. The van der Waals surface area contributed by atoms with Crippen LogP contribution < -0.4 is 5.32 Å². The van der Waals surface area contributed by atoms with Crippen LogP contribution in [0.15, 0.2) is 0 Å². The van der Waals surface area contributed by atoms with Gasteiger partial charge in [-0.3, -0.25) is 10.2 Å². The highest BCUT2D eigenvalue weighted by atomic mass is 32.1. The van der Waals surface area contributed by atoms with Gasteiger partial charge in [0.25, 0.3) is 5.24 Å². The van der Waals surface area contributed by atoms with Crippen LogP contribution in [0.2, 0.25) is 0 Å². The average molecular weight is 132 g/mol. The van der Waals surface area contributed by atoms with E-state index in [1.807, 2.05) is 0 Å². The molecular formula is C4H8N2OS. The summed E-state index contributed by atoms with van der Waals surface area (Å²) in [6, 6.07) is 0. The van der Waals surface area contributed by atoms with E-state index in [1.165, 1.54) is 0 Å². The van der Waals surface area contributed by atoms with Crippen molar-refractivity contribution in [2.45, 2.75) is 13.3 Å². The molecule has 0 aromatic heterocycles. The Balaban J connectivity index is 3.40. The fraction of sp³-hybridized carbons (Fsp3) is 0.500. The Bertz CT molecular complexity index is 113. The van der Waals surface area contributed by atoms with Crippen molar-refractivity contribution in [3.63, 3.8) is 0 Å². The number of amides is 1. The van der Waals surface area contributed by atoms with Crippen molar-refractivity contribution >= 4 is 23.7 Å². The Kier molecular flexibility index (Phi) is 3.26. The molecule has 0 aliphatic heterocycles. The summed E-state index contributed by atoms with van der Waals surface area (Å²) >= 11 is 3.40. The minimum Gasteiger partial charge on any atom is -0.306 e. The monoisotopic (exact) mass is 132 g/mol. The second-order valence-corrected chi connectivity index (χ2v) is 1.67. The first kappa shape index (κ1) is 7.49. The van der Waals surface area contributed by atoms with E-state index in [-0.39, 0.29) is 5.84 Å². The molecule has 0 atom stereocenters. The lowest BCUT2D eigenvalue weighted by atomic mass is 10.4. The zero-order valence-corrected chi connectivity index (χ0v) is 5.46. The SMILES string of the molecule is CCC(=N)NC(=O)S. The van der Waals surface area contributed by atoms with Crippen molar-refractivity contribution in [3.8, 4) is 0 Å². The Morgan fingerprint density at radius 3 is 2.50 bits per heavy atom. The standard InChI is InChI=1S/C4H8N2OS/c1-2-3(5)6-4(7)8/h2H2,1H3,(H3,5,6,7,8). The van der Waals surface area contributed by atoms with Crippen LogP contribution >= 0.6 is 12.6 Å². The quantitative estimate of drug-likeness (QED) is 0.278. The van der Waals surface area contributed by atoms with Crippen molar-refractivity contribution in [1.82, 2.24) is 5.32 Å². The van der Waals surface area contributed by atoms with Crippen molar-refractivity contribution < 1.29 is 4.79 Å². The van der Waals surface area contributed by atoms with Crippen LogP contribution in [0.25, 0.3) is 0 Å². The molecule has 0 aliphatic carbocycles. The molecule has 0 saturated carbocycles. The molecule has 46 valence electrons. The molecule has 1 amide bonds. The molecule has 0 bridgehead atoms. The van der Waals surface area contributed by atoms with Gasteiger partial charge in [-0.25, -0.2) is 0 Å². The average Bonchev–Trinajstić information content (AvgIpc) is 1.65. The lowest BCUT2D eigenvalue weighted by molar-refractivity contribution is 0.264. The summed E-state index contributed by atoms with van der Waals surface area (Å²) in [6.45, 7) is 1.78. The number of rotatable bonds is 1. The van der Waals surface area contributed by atoms with Crippen LogP contribution in [0, 0.1) is 5.41 Å². The number of thiol groups is 1. The first-order valence-corrected chi connectivity index (χ1v) is 2.69. The molecule has 0 heterocycles. The van der Waals surface area contributed by atoms with Gasteiger partial charge in [-0.05, 0) is 0 Å². The van der Waals surface area contributed by atoms with Crippen molar-refractivity contribution in [3.05, 3.63) is 0 Å². The van der Waals surface area contributed by atoms with Crippen LogP contribution in [0.5, 0.6) is 0 Å². The van der Waals surface area contributed by atoms with Crippen molar-refractivity contribution in [2.75, 3.05) is 0 Å². The summed E-state index contributed by atoms with van der Waals surface area (Å²) in [5, 5.41) is 8.61. The third-order valence-corrected chi connectivity index (χ3v) is 0.723. The summed E-state index contributed by atoms with van der Waals surface area (Å²) in [5.41, 5.74) is 0. The molecule has 0 aromatic rings. The largest absolute Gasteiger partial charge is 0.306 e. The second-order valence-electron chi connectivity index (χ2n) is 1.26.